The number of piperidine rings is 1. The van der Waals surface area contributed by atoms with Crippen molar-refractivity contribution in [1.29, 1.82) is 0 Å². The Bertz CT molecular complexity index is 740. The molecule has 2 aliphatic heterocycles. The Hall–Kier alpha value is -1.15. The molecule has 0 aliphatic carbocycles. The second kappa shape index (κ2) is 7.61. The highest BCUT2D eigenvalue weighted by Crippen LogP contribution is 2.28. The molecule has 0 radical (unpaired) electrons. The molecular weight excluding hydrogens is 362 g/mol. The maximum absolute atomic E-state index is 12.9. The van der Waals surface area contributed by atoms with Crippen molar-refractivity contribution in [2.75, 3.05) is 46.3 Å². The summed E-state index contributed by atoms with van der Waals surface area (Å²) in [6.07, 6.45) is 2.77. The highest BCUT2D eigenvalue weighted by Gasteiger charge is 2.30. The van der Waals surface area contributed by atoms with Crippen LogP contribution in [0.3, 0.4) is 0 Å². The smallest absolute Gasteiger partial charge is 0.254 e. The Morgan fingerprint density at radius 1 is 1.08 bits per heavy atom. The van der Waals surface area contributed by atoms with E-state index in [0.717, 1.165) is 32.4 Å². The van der Waals surface area contributed by atoms with E-state index in [1.165, 1.54) is 21.3 Å². The third-order valence-electron chi connectivity index (χ3n) is 5.02. The quantitative estimate of drug-likeness (QED) is 0.822. The van der Waals surface area contributed by atoms with Crippen LogP contribution in [0.15, 0.2) is 23.1 Å². The van der Waals surface area contributed by atoms with E-state index in [4.69, 9.17) is 11.6 Å². The molecule has 25 heavy (non-hydrogen) atoms. The molecule has 138 valence electrons. The lowest BCUT2D eigenvalue weighted by Gasteiger charge is -2.30. The van der Waals surface area contributed by atoms with Gasteiger partial charge in [-0.25, -0.2) is 8.42 Å². The molecule has 8 heteroatoms. The zero-order valence-corrected chi connectivity index (χ0v) is 16.1. The van der Waals surface area contributed by atoms with Gasteiger partial charge in [-0.3, -0.25) is 4.79 Å². The Morgan fingerprint density at radius 3 is 2.36 bits per heavy atom. The van der Waals surface area contributed by atoms with Crippen molar-refractivity contribution in [3.63, 3.8) is 0 Å². The van der Waals surface area contributed by atoms with Crippen LogP contribution in [0.1, 0.15) is 29.6 Å². The number of piperazine rings is 1. The van der Waals surface area contributed by atoms with Crippen LogP contribution in [0.4, 0.5) is 0 Å². The van der Waals surface area contributed by atoms with Crippen molar-refractivity contribution >= 4 is 27.5 Å². The van der Waals surface area contributed by atoms with Gasteiger partial charge in [0.25, 0.3) is 5.91 Å². The SMILES string of the molecule is C[NH+]1CCN(C(=O)c2ccc(Cl)c(S(=O)(=O)N3CCCCC3)c2)CC1. The van der Waals surface area contributed by atoms with Crippen molar-refractivity contribution in [2.24, 2.45) is 0 Å². The largest absolute Gasteiger partial charge is 0.334 e. The molecule has 3 rings (SSSR count). The molecule has 1 aromatic carbocycles. The normalized spacial score (nSPS) is 20.6. The van der Waals surface area contributed by atoms with Crippen LogP contribution >= 0.6 is 11.6 Å². The number of hydrogen-bond donors (Lipinski definition) is 1. The van der Waals surface area contributed by atoms with Gasteiger partial charge in [0.15, 0.2) is 0 Å². The maximum Gasteiger partial charge on any atom is 0.254 e. The number of halogens is 1. The van der Waals surface area contributed by atoms with Gasteiger partial charge in [0.2, 0.25) is 10.0 Å². The molecule has 2 fully saturated rings. The molecule has 1 amide bonds. The molecular formula is C17H25ClN3O3S+. The summed E-state index contributed by atoms with van der Waals surface area (Å²) in [6, 6.07) is 4.58. The summed E-state index contributed by atoms with van der Waals surface area (Å²) < 4.78 is 27.3. The van der Waals surface area contributed by atoms with Crippen molar-refractivity contribution in [1.82, 2.24) is 9.21 Å². The standard InChI is InChI=1S/C17H24ClN3O3S/c1-19-9-11-20(12-10-19)17(22)14-5-6-15(18)16(13-14)25(23,24)21-7-3-2-4-8-21/h5-6,13H,2-4,7-12H2,1H3/p+1. The summed E-state index contributed by atoms with van der Waals surface area (Å²) in [5.74, 6) is -0.126. The van der Waals surface area contributed by atoms with Gasteiger partial charge in [-0.05, 0) is 31.0 Å². The third-order valence-corrected chi connectivity index (χ3v) is 7.40. The van der Waals surface area contributed by atoms with Crippen LogP contribution in [0.5, 0.6) is 0 Å². The molecule has 0 aromatic heterocycles. The molecule has 2 saturated heterocycles. The minimum absolute atomic E-state index is 0.0432. The number of likely N-dealkylation sites (N-methyl/N-ethyl adjacent to an activating group) is 1. The van der Waals surface area contributed by atoms with Crippen molar-refractivity contribution < 1.29 is 18.1 Å². The number of hydrogen-bond acceptors (Lipinski definition) is 3. The second-order valence-electron chi connectivity index (χ2n) is 6.86. The van der Waals surface area contributed by atoms with E-state index in [0.29, 0.717) is 31.7 Å². The first-order valence-corrected chi connectivity index (χ1v) is 10.6. The van der Waals surface area contributed by atoms with Gasteiger partial charge in [0, 0.05) is 18.7 Å². The van der Waals surface area contributed by atoms with Crippen LogP contribution in [0.25, 0.3) is 0 Å². The number of amides is 1. The zero-order chi connectivity index (χ0) is 18.0. The van der Waals surface area contributed by atoms with Crippen LogP contribution < -0.4 is 4.90 Å². The zero-order valence-electron chi connectivity index (χ0n) is 14.5. The van der Waals surface area contributed by atoms with Crippen LogP contribution in [0.2, 0.25) is 5.02 Å². The highest BCUT2D eigenvalue weighted by molar-refractivity contribution is 7.89. The fraction of sp³-hybridized carbons (Fsp3) is 0.588. The molecule has 1 N–H and O–H groups in total. The first-order chi connectivity index (χ1) is 11.9. The fourth-order valence-electron chi connectivity index (χ4n) is 3.35. The van der Waals surface area contributed by atoms with E-state index in [2.05, 4.69) is 7.05 Å². The number of carbonyl (C=O) groups is 1. The number of nitrogens with zero attached hydrogens (tertiary/aromatic N) is 2. The first-order valence-electron chi connectivity index (χ1n) is 8.80. The van der Waals surface area contributed by atoms with E-state index in [9.17, 15) is 13.2 Å². The summed E-state index contributed by atoms with van der Waals surface area (Å²) in [7, 11) is -1.56. The van der Waals surface area contributed by atoms with Crippen LogP contribution in [-0.4, -0.2) is 69.8 Å². The number of benzene rings is 1. The van der Waals surface area contributed by atoms with Gasteiger partial charge < -0.3 is 9.80 Å². The number of sulfonamides is 1. The lowest BCUT2D eigenvalue weighted by Crippen LogP contribution is -3.12. The van der Waals surface area contributed by atoms with Crippen molar-refractivity contribution in [3.05, 3.63) is 28.8 Å². The van der Waals surface area contributed by atoms with Gasteiger partial charge in [-0.1, -0.05) is 18.0 Å². The van der Waals surface area contributed by atoms with Gasteiger partial charge in [-0.15, -0.1) is 0 Å². The Balaban J connectivity index is 1.86. The molecule has 0 spiro atoms. The number of nitrogens with one attached hydrogen (secondary N) is 1. The second-order valence-corrected chi connectivity index (χ2v) is 9.17. The van der Waals surface area contributed by atoms with Gasteiger partial charge >= 0.3 is 0 Å². The van der Waals surface area contributed by atoms with Crippen LogP contribution in [-0.2, 0) is 10.0 Å². The third kappa shape index (κ3) is 4.00. The fourth-order valence-corrected chi connectivity index (χ4v) is 5.37. The Labute approximate surface area is 154 Å². The number of carbonyl (C=O) groups excluding carboxylic acids is 1. The number of quaternary nitrogens is 1. The average molecular weight is 387 g/mol. The predicted molar refractivity (Wildman–Crippen MR) is 96.6 cm³/mol. The summed E-state index contributed by atoms with van der Waals surface area (Å²) >= 11 is 6.18. The van der Waals surface area contributed by atoms with Gasteiger partial charge in [0.1, 0.15) is 4.90 Å². The van der Waals surface area contributed by atoms with E-state index < -0.39 is 10.0 Å². The number of rotatable bonds is 3. The van der Waals surface area contributed by atoms with Gasteiger partial charge in [-0.2, -0.15) is 4.31 Å². The summed E-state index contributed by atoms with van der Waals surface area (Å²) in [5.41, 5.74) is 0.388. The molecule has 0 bridgehead atoms. The van der Waals surface area contributed by atoms with Crippen LogP contribution in [0, 0.1) is 0 Å². The van der Waals surface area contributed by atoms with Crippen molar-refractivity contribution in [2.45, 2.75) is 24.2 Å². The molecule has 2 aliphatic rings. The minimum Gasteiger partial charge on any atom is -0.334 e. The summed E-state index contributed by atoms with van der Waals surface area (Å²) in [6.45, 7) is 4.19. The summed E-state index contributed by atoms with van der Waals surface area (Å²) in [4.78, 5) is 16.0. The lowest BCUT2D eigenvalue weighted by molar-refractivity contribution is -0.883. The Morgan fingerprint density at radius 2 is 1.72 bits per heavy atom. The topological polar surface area (TPSA) is 62.1 Å². The molecule has 0 atom stereocenters. The lowest BCUT2D eigenvalue weighted by atomic mass is 10.2. The van der Waals surface area contributed by atoms with E-state index >= 15 is 0 Å². The van der Waals surface area contributed by atoms with E-state index in [-0.39, 0.29) is 15.8 Å². The van der Waals surface area contributed by atoms with E-state index in [1.54, 1.807) is 11.0 Å². The van der Waals surface area contributed by atoms with Gasteiger partial charge in [0.05, 0.1) is 38.2 Å². The molecule has 2 heterocycles. The van der Waals surface area contributed by atoms with Crippen molar-refractivity contribution in [3.8, 4) is 0 Å². The predicted octanol–water partition coefficient (Wildman–Crippen LogP) is 0.485. The summed E-state index contributed by atoms with van der Waals surface area (Å²) in [5, 5.41) is 0.171. The average Bonchev–Trinajstić information content (AvgIpc) is 2.63. The van der Waals surface area contributed by atoms with E-state index in [1.807, 2.05) is 0 Å². The Kier molecular flexibility index (Phi) is 5.68. The maximum atomic E-state index is 12.9. The molecule has 1 aromatic rings. The molecule has 6 nitrogen and oxygen atoms in total. The molecule has 0 saturated carbocycles. The first kappa shape index (κ1) is 18.6. The monoisotopic (exact) mass is 386 g/mol. The minimum atomic E-state index is -3.66. The molecule has 0 unspecified atom stereocenters. The highest BCUT2D eigenvalue weighted by atomic mass is 35.5.